The molecule has 5 heteroatoms. The Hall–Kier alpha value is -0.940. The summed E-state index contributed by atoms with van der Waals surface area (Å²) in [5.74, 6) is 2.15. The van der Waals surface area contributed by atoms with Crippen LogP contribution in [0.1, 0.15) is 38.9 Å². The molecule has 2 heterocycles. The summed E-state index contributed by atoms with van der Waals surface area (Å²) in [6, 6.07) is 0.607. The highest BCUT2D eigenvalue weighted by atomic mass is 16.5. The first-order valence-electron chi connectivity index (χ1n) is 6.95. The number of rotatable bonds is 6. The Morgan fingerprint density at radius 1 is 1.50 bits per heavy atom. The summed E-state index contributed by atoms with van der Waals surface area (Å²) in [7, 11) is 0. The van der Waals surface area contributed by atoms with Crippen LogP contribution in [0, 0.1) is 5.92 Å². The maximum Gasteiger partial charge on any atom is 0.240 e. The van der Waals surface area contributed by atoms with E-state index < -0.39 is 0 Å². The Balaban J connectivity index is 1.92. The Morgan fingerprint density at radius 3 is 2.94 bits per heavy atom. The molecule has 18 heavy (non-hydrogen) atoms. The number of nitrogens with zero attached hydrogens (tertiary/aromatic N) is 3. The highest BCUT2D eigenvalue weighted by Crippen LogP contribution is 2.13. The summed E-state index contributed by atoms with van der Waals surface area (Å²) in [6.07, 6.45) is 2.10. The lowest BCUT2D eigenvalue weighted by Gasteiger charge is -2.24. The van der Waals surface area contributed by atoms with Gasteiger partial charge in [0.15, 0.2) is 5.82 Å². The minimum atomic E-state index is 0.566. The molecule has 5 nitrogen and oxygen atoms in total. The van der Waals surface area contributed by atoms with E-state index in [0.29, 0.717) is 12.0 Å². The van der Waals surface area contributed by atoms with E-state index in [2.05, 4.69) is 41.1 Å². The van der Waals surface area contributed by atoms with Crippen molar-refractivity contribution in [1.82, 2.24) is 20.4 Å². The van der Waals surface area contributed by atoms with Crippen molar-refractivity contribution in [3.8, 4) is 0 Å². The molecule has 0 saturated carbocycles. The molecule has 1 atom stereocenters. The van der Waals surface area contributed by atoms with Crippen molar-refractivity contribution in [3.63, 3.8) is 0 Å². The molecular formula is C13H24N4O. The van der Waals surface area contributed by atoms with Crippen molar-refractivity contribution in [2.24, 2.45) is 5.92 Å². The number of aromatic nitrogens is 2. The van der Waals surface area contributed by atoms with E-state index in [1.165, 1.54) is 6.42 Å². The SMILES string of the molecule is CCN(Cc1nc(CC(C)C)no1)C1CCNC1. The van der Waals surface area contributed by atoms with Gasteiger partial charge in [-0.15, -0.1) is 0 Å². The molecule has 0 aromatic carbocycles. The van der Waals surface area contributed by atoms with E-state index in [9.17, 15) is 0 Å². The van der Waals surface area contributed by atoms with Gasteiger partial charge >= 0.3 is 0 Å². The minimum absolute atomic E-state index is 0.566. The zero-order valence-electron chi connectivity index (χ0n) is 11.6. The second-order valence-electron chi connectivity index (χ2n) is 5.41. The van der Waals surface area contributed by atoms with Gasteiger partial charge in [0.2, 0.25) is 5.89 Å². The van der Waals surface area contributed by atoms with E-state index in [1.54, 1.807) is 0 Å². The normalized spacial score (nSPS) is 20.2. The summed E-state index contributed by atoms with van der Waals surface area (Å²) in [6.45, 7) is 10.5. The quantitative estimate of drug-likeness (QED) is 0.830. The van der Waals surface area contributed by atoms with Crippen molar-refractivity contribution < 1.29 is 4.52 Å². The molecule has 1 fully saturated rings. The van der Waals surface area contributed by atoms with Crippen molar-refractivity contribution in [2.75, 3.05) is 19.6 Å². The minimum Gasteiger partial charge on any atom is -0.338 e. The Kier molecular flexibility index (Phi) is 4.72. The molecule has 1 aliphatic heterocycles. The van der Waals surface area contributed by atoms with Gasteiger partial charge in [-0.3, -0.25) is 4.90 Å². The Morgan fingerprint density at radius 2 is 2.33 bits per heavy atom. The van der Waals surface area contributed by atoms with Crippen LogP contribution in [0.5, 0.6) is 0 Å². The fourth-order valence-corrected chi connectivity index (χ4v) is 2.43. The third kappa shape index (κ3) is 3.53. The van der Waals surface area contributed by atoms with Crippen LogP contribution < -0.4 is 5.32 Å². The maximum atomic E-state index is 5.33. The van der Waals surface area contributed by atoms with Gasteiger partial charge in [-0.25, -0.2) is 0 Å². The molecular weight excluding hydrogens is 228 g/mol. The number of likely N-dealkylation sites (N-methyl/N-ethyl adjacent to an activating group) is 1. The molecule has 1 unspecified atom stereocenters. The monoisotopic (exact) mass is 252 g/mol. The predicted octanol–water partition coefficient (Wildman–Crippen LogP) is 1.45. The summed E-state index contributed by atoms with van der Waals surface area (Å²) in [4.78, 5) is 6.88. The zero-order valence-corrected chi connectivity index (χ0v) is 11.6. The molecule has 0 amide bonds. The largest absolute Gasteiger partial charge is 0.338 e. The van der Waals surface area contributed by atoms with Gasteiger partial charge in [-0.2, -0.15) is 4.98 Å². The number of nitrogens with one attached hydrogen (secondary N) is 1. The van der Waals surface area contributed by atoms with Gasteiger partial charge in [0.05, 0.1) is 6.54 Å². The third-order valence-corrected chi connectivity index (χ3v) is 3.40. The highest BCUT2D eigenvalue weighted by Gasteiger charge is 2.22. The van der Waals surface area contributed by atoms with E-state index in [4.69, 9.17) is 4.52 Å². The molecule has 1 aromatic heterocycles. The van der Waals surface area contributed by atoms with Crippen LogP contribution in [0.4, 0.5) is 0 Å². The molecule has 102 valence electrons. The van der Waals surface area contributed by atoms with E-state index >= 15 is 0 Å². The van der Waals surface area contributed by atoms with Gasteiger partial charge in [0.1, 0.15) is 0 Å². The van der Waals surface area contributed by atoms with Crippen molar-refractivity contribution in [3.05, 3.63) is 11.7 Å². The van der Waals surface area contributed by atoms with Crippen LogP contribution >= 0.6 is 0 Å². The predicted molar refractivity (Wildman–Crippen MR) is 70.2 cm³/mol. The first kappa shape index (κ1) is 13.5. The number of hydrogen-bond donors (Lipinski definition) is 1. The molecule has 2 rings (SSSR count). The summed E-state index contributed by atoms with van der Waals surface area (Å²) in [5, 5.41) is 7.44. The van der Waals surface area contributed by atoms with Gasteiger partial charge in [-0.05, 0) is 25.4 Å². The van der Waals surface area contributed by atoms with Gasteiger partial charge in [0, 0.05) is 19.0 Å². The van der Waals surface area contributed by atoms with Crippen LogP contribution in [0.25, 0.3) is 0 Å². The third-order valence-electron chi connectivity index (χ3n) is 3.40. The fourth-order valence-electron chi connectivity index (χ4n) is 2.43. The van der Waals surface area contributed by atoms with Crippen LogP contribution in [0.3, 0.4) is 0 Å². The lowest BCUT2D eigenvalue weighted by Crippen LogP contribution is -2.36. The summed E-state index contributed by atoms with van der Waals surface area (Å²) < 4.78 is 5.33. The van der Waals surface area contributed by atoms with Gasteiger partial charge < -0.3 is 9.84 Å². The smallest absolute Gasteiger partial charge is 0.240 e. The number of hydrogen-bond acceptors (Lipinski definition) is 5. The Labute approximate surface area is 109 Å². The van der Waals surface area contributed by atoms with Crippen LogP contribution in [0.15, 0.2) is 4.52 Å². The van der Waals surface area contributed by atoms with Crippen molar-refractivity contribution >= 4 is 0 Å². The summed E-state index contributed by atoms with van der Waals surface area (Å²) in [5.41, 5.74) is 0. The average Bonchev–Trinajstić information content (AvgIpc) is 2.96. The van der Waals surface area contributed by atoms with Gasteiger partial charge in [0.25, 0.3) is 0 Å². The van der Waals surface area contributed by atoms with Crippen LogP contribution in [0.2, 0.25) is 0 Å². The van der Waals surface area contributed by atoms with E-state index in [-0.39, 0.29) is 0 Å². The van der Waals surface area contributed by atoms with Crippen LogP contribution in [-0.2, 0) is 13.0 Å². The molecule has 0 bridgehead atoms. The lowest BCUT2D eigenvalue weighted by atomic mass is 10.1. The molecule has 0 radical (unpaired) electrons. The molecule has 1 aliphatic rings. The standard InChI is InChI=1S/C13H24N4O/c1-4-17(11-5-6-14-8-11)9-13-15-12(16-18-13)7-10(2)3/h10-11,14H,4-9H2,1-3H3. The first-order valence-corrected chi connectivity index (χ1v) is 6.95. The Bertz CT molecular complexity index is 358. The molecule has 1 saturated heterocycles. The second kappa shape index (κ2) is 6.29. The average molecular weight is 252 g/mol. The van der Waals surface area contributed by atoms with Crippen molar-refractivity contribution in [1.29, 1.82) is 0 Å². The van der Waals surface area contributed by atoms with E-state index in [0.717, 1.165) is 44.3 Å². The molecule has 0 spiro atoms. The topological polar surface area (TPSA) is 54.2 Å². The lowest BCUT2D eigenvalue weighted by molar-refractivity contribution is 0.183. The second-order valence-corrected chi connectivity index (χ2v) is 5.41. The van der Waals surface area contributed by atoms with Crippen molar-refractivity contribution in [2.45, 2.75) is 46.2 Å². The first-order chi connectivity index (χ1) is 8.69. The zero-order chi connectivity index (χ0) is 13.0. The summed E-state index contributed by atoms with van der Waals surface area (Å²) >= 11 is 0. The molecule has 1 N–H and O–H groups in total. The highest BCUT2D eigenvalue weighted by molar-refractivity contribution is 4.89. The van der Waals surface area contributed by atoms with Gasteiger partial charge in [-0.1, -0.05) is 25.9 Å². The maximum absolute atomic E-state index is 5.33. The molecule has 1 aromatic rings. The fraction of sp³-hybridized carbons (Fsp3) is 0.846. The van der Waals surface area contributed by atoms with E-state index in [1.807, 2.05) is 0 Å². The molecule has 0 aliphatic carbocycles. The van der Waals surface area contributed by atoms with Crippen LogP contribution in [-0.4, -0.2) is 40.7 Å².